The fourth-order valence-corrected chi connectivity index (χ4v) is 1.95. The van der Waals surface area contributed by atoms with E-state index in [1.54, 1.807) is 0 Å². The fourth-order valence-electron chi connectivity index (χ4n) is 1.95. The number of fused-ring (bicyclic) bond motifs is 1. The van der Waals surface area contributed by atoms with Gasteiger partial charge in [-0.1, -0.05) is 39.0 Å². The summed E-state index contributed by atoms with van der Waals surface area (Å²) in [6.45, 7) is 6.57. The summed E-state index contributed by atoms with van der Waals surface area (Å²) in [5, 5.41) is 1.13. The predicted molar refractivity (Wildman–Crippen MR) is 67.2 cm³/mol. The molecule has 0 saturated carbocycles. The number of rotatable bonds is 2. The van der Waals surface area contributed by atoms with Crippen LogP contribution in [0.25, 0.3) is 11.0 Å². The molecule has 2 nitrogen and oxygen atoms in total. The molecule has 0 fully saturated rings. The fraction of sp³-hybridized carbons (Fsp3) is 0.429. The molecule has 2 rings (SSSR count). The largest absolute Gasteiger partial charge is 0.459 e. The molecular formula is C14H19NO. The molecule has 0 amide bonds. The van der Waals surface area contributed by atoms with Crippen molar-refractivity contribution < 1.29 is 4.42 Å². The van der Waals surface area contributed by atoms with Gasteiger partial charge in [0.15, 0.2) is 0 Å². The van der Waals surface area contributed by atoms with E-state index in [0.717, 1.165) is 23.2 Å². The highest BCUT2D eigenvalue weighted by Crippen LogP contribution is 2.30. The summed E-state index contributed by atoms with van der Waals surface area (Å²) in [6, 6.07) is 10.0. The standard InChI is InChI=1S/C14H19NO/c1-14(2,3)9-11(15)13-8-10-6-4-5-7-12(10)16-13/h4-8,11H,9,15H2,1-3H3. The summed E-state index contributed by atoms with van der Waals surface area (Å²) < 4.78 is 5.75. The van der Waals surface area contributed by atoms with Crippen LogP contribution in [-0.4, -0.2) is 0 Å². The number of nitrogens with two attached hydrogens (primary N) is 1. The molecule has 1 aromatic heterocycles. The Labute approximate surface area is 96.4 Å². The highest BCUT2D eigenvalue weighted by molar-refractivity contribution is 5.77. The Morgan fingerprint density at radius 3 is 2.56 bits per heavy atom. The van der Waals surface area contributed by atoms with Crippen LogP contribution in [0.4, 0.5) is 0 Å². The molecule has 0 aliphatic heterocycles. The smallest absolute Gasteiger partial charge is 0.134 e. The summed E-state index contributed by atoms with van der Waals surface area (Å²) in [7, 11) is 0. The maximum absolute atomic E-state index is 6.15. The summed E-state index contributed by atoms with van der Waals surface area (Å²) in [5.74, 6) is 0.885. The molecule has 2 N–H and O–H groups in total. The van der Waals surface area contributed by atoms with E-state index in [0.29, 0.717) is 0 Å². The van der Waals surface area contributed by atoms with Crippen molar-refractivity contribution in [3.8, 4) is 0 Å². The van der Waals surface area contributed by atoms with Crippen molar-refractivity contribution in [2.45, 2.75) is 33.2 Å². The predicted octanol–water partition coefficient (Wildman–Crippen LogP) is 3.87. The first-order chi connectivity index (χ1) is 7.46. The maximum atomic E-state index is 6.15. The Bertz CT molecular complexity index is 446. The van der Waals surface area contributed by atoms with Gasteiger partial charge in [-0.15, -0.1) is 0 Å². The van der Waals surface area contributed by atoms with Crippen molar-refractivity contribution in [3.05, 3.63) is 36.1 Å². The van der Waals surface area contributed by atoms with E-state index in [-0.39, 0.29) is 11.5 Å². The van der Waals surface area contributed by atoms with Crippen LogP contribution in [0.2, 0.25) is 0 Å². The van der Waals surface area contributed by atoms with Crippen LogP contribution in [-0.2, 0) is 0 Å². The second-order valence-corrected chi connectivity index (χ2v) is 5.56. The molecule has 1 unspecified atom stereocenters. The SMILES string of the molecule is CC(C)(C)CC(N)c1cc2ccccc2o1. The first-order valence-corrected chi connectivity index (χ1v) is 5.70. The first kappa shape index (κ1) is 11.2. The zero-order chi connectivity index (χ0) is 11.8. The van der Waals surface area contributed by atoms with Crippen molar-refractivity contribution in [1.29, 1.82) is 0 Å². The van der Waals surface area contributed by atoms with Gasteiger partial charge in [0, 0.05) is 5.39 Å². The molecule has 0 saturated heterocycles. The molecule has 86 valence electrons. The molecule has 2 aromatic rings. The minimum atomic E-state index is -0.0209. The van der Waals surface area contributed by atoms with Crippen LogP contribution < -0.4 is 5.73 Å². The van der Waals surface area contributed by atoms with Crippen molar-refractivity contribution >= 4 is 11.0 Å². The maximum Gasteiger partial charge on any atom is 0.134 e. The molecule has 2 heteroatoms. The van der Waals surface area contributed by atoms with Gasteiger partial charge in [-0.3, -0.25) is 0 Å². The van der Waals surface area contributed by atoms with E-state index in [9.17, 15) is 0 Å². The van der Waals surface area contributed by atoms with E-state index in [1.807, 2.05) is 30.3 Å². The summed E-state index contributed by atoms with van der Waals surface area (Å²) in [6.07, 6.45) is 0.923. The normalized spacial score (nSPS) is 14.2. The molecule has 0 radical (unpaired) electrons. The monoisotopic (exact) mass is 217 g/mol. The Balaban J connectivity index is 2.26. The number of para-hydroxylation sites is 1. The lowest BCUT2D eigenvalue weighted by Crippen LogP contribution is -2.18. The molecule has 16 heavy (non-hydrogen) atoms. The van der Waals surface area contributed by atoms with Crippen molar-refractivity contribution in [3.63, 3.8) is 0 Å². The second-order valence-electron chi connectivity index (χ2n) is 5.56. The van der Waals surface area contributed by atoms with Crippen LogP contribution in [0, 0.1) is 5.41 Å². The number of hydrogen-bond donors (Lipinski definition) is 1. The van der Waals surface area contributed by atoms with Crippen molar-refractivity contribution in [2.75, 3.05) is 0 Å². The van der Waals surface area contributed by atoms with Gasteiger partial charge in [0.1, 0.15) is 11.3 Å². The zero-order valence-corrected chi connectivity index (χ0v) is 10.2. The number of hydrogen-bond acceptors (Lipinski definition) is 2. The van der Waals surface area contributed by atoms with Gasteiger partial charge in [0.25, 0.3) is 0 Å². The third-order valence-corrected chi connectivity index (χ3v) is 2.64. The van der Waals surface area contributed by atoms with E-state index in [2.05, 4.69) is 20.8 Å². The van der Waals surface area contributed by atoms with Gasteiger partial charge in [-0.05, 0) is 24.0 Å². The van der Waals surface area contributed by atoms with Gasteiger partial charge in [0.2, 0.25) is 0 Å². The summed E-state index contributed by atoms with van der Waals surface area (Å²) in [5.41, 5.74) is 7.29. The highest BCUT2D eigenvalue weighted by Gasteiger charge is 2.19. The van der Waals surface area contributed by atoms with Gasteiger partial charge in [-0.2, -0.15) is 0 Å². The van der Waals surface area contributed by atoms with Crippen LogP contribution in [0.15, 0.2) is 34.7 Å². The van der Waals surface area contributed by atoms with Crippen LogP contribution in [0.5, 0.6) is 0 Å². The van der Waals surface area contributed by atoms with Crippen LogP contribution >= 0.6 is 0 Å². The second kappa shape index (κ2) is 3.95. The first-order valence-electron chi connectivity index (χ1n) is 5.70. The molecular weight excluding hydrogens is 198 g/mol. The lowest BCUT2D eigenvalue weighted by atomic mass is 9.87. The Morgan fingerprint density at radius 2 is 1.94 bits per heavy atom. The molecule has 1 aromatic carbocycles. The lowest BCUT2D eigenvalue weighted by molar-refractivity contribution is 0.321. The lowest BCUT2D eigenvalue weighted by Gasteiger charge is -2.21. The Kier molecular flexibility index (Phi) is 2.76. The Hall–Kier alpha value is -1.28. The molecule has 0 aliphatic carbocycles. The third kappa shape index (κ3) is 2.45. The number of furan rings is 1. The molecule has 0 aliphatic rings. The van der Waals surface area contributed by atoms with E-state index >= 15 is 0 Å². The minimum Gasteiger partial charge on any atom is -0.459 e. The zero-order valence-electron chi connectivity index (χ0n) is 10.2. The Morgan fingerprint density at radius 1 is 1.25 bits per heavy atom. The third-order valence-electron chi connectivity index (χ3n) is 2.64. The van der Waals surface area contributed by atoms with Gasteiger partial charge in [0.05, 0.1) is 6.04 Å². The minimum absolute atomic E-state index is 0.0209. The quantitative estimate of drug-likeness (QED) is 0.829. The number of benzene rings is 1. The molecule has 1 atom stereocenters. The molecule has 0 bridgehead atoms. The topological polar surface area (TPSA) is 39.2 Å². The average Bonchev–Trinajstić information content (AvgIpc) is 2.58. The van der Waals surface area contributed by atoms with Gasteiger partial charge in [-0.25, -0.2) is 0 Å². The summed E-state index contributed by atoms with van der Waals surface area (Å²) in [4.78, 5) is 0. The van der Waals surface area contributed by atoms with Gasteiger partial charge < -0.3 is 10.2 Å². The van der Waals surface area contributed by atoms with Crippen molar-refractivity contribution in [2.24, 2.45) is 11.1 Å². The van der Waals surface area contributed by atoms with Crippen LogP contribution in [0.3, 0.4) is 0 Å². The van der Waals surface area contributed by atoms with E-state index in [4.69, 9.17) is 10.2 Å². The molecule has 1 heterocycles. The highest BCUT2D eigenvalue weighted by atomic mass is 16.3. The van der Waals surface area contributed by atoms with E-state index < -0.39 is 0 Å². The van der Waals surface area contributed by atoms with Crippen molar-refractivity contribution in [1.82, 2.24) is 0 Å². The average molecular weight is 217 g/mol. The van der Waals surface area contributed by atoms with E-state index in [1.165, 1.54) is 0 Å². The molecule has 0 spiro atoms. The van der Waals surface area contributed by atoms with Crippen LogP contribution in [0.1, 0.15) is 39.0 Å². The van der Waals surface area contributed by atoms with Gasteiger partial charge >= 0.3 is 0 Å². The summed E-state index contributed by atoms with van der Waals surface area (Å²) >= 11 is 0.